The van der Waals surface area contributed by atoms with Gasteiger partial charge in [-0.05, 0) is 49.7 Å². The summed E-state index contributed by atoms with van der Waals surface area (Å²) in [5, 5.41) is 2.75. The molecule has 0 spiro atoms. The molecule has 2 aliphatic heterocycles. The number of para-hydroxylation sites is 1. The van der Waals surface area contributed by atoms with Crippen molar-refractivity contribution in [1.29, 1.82) is 0 Å². The Hall–Kier alpha value is -2.86. The number of hydrogen-bond donors (Lipinski definition) is 1. The highest BCUT2D eigenvalue weighted by atomic mass is 16.5. The van der Waals surface area contributed by atoms with Crippen molar-refractivity contribution in [3.63, 3.8) is 0 Å². The van der Waals surface area contributed by atoms with Crippen molar-refractivity contribution in [3.8, 4) is 5.75 Å². The summed E-state index contributed by atoms with van der Waals surface area (Å²) in [5.74, 6) is 0.548. The molecule has 0 aromatic heterocycles. The average molecular weight is 393 g/mol. The summed E-state index contributed by atoms with van der Waals surface area (Å²) in [4.78, 5) is 28.8. The molecule has 0 unspecified atom stereocenters. The number of carbonyl (C=O) groups is 2. The van der Waals surface area contributed by atoms with Gasteiger partial charge in [0.25, 0.3) is 5.91 Å². The zero-order valence-electron chi connectivity index (χ0n) is 16.6. The number of amides is 1. The van der Waals surface area contributed by atoms with Crippen LogP contribution in [0.4, 0.5) is 11.4 Å². The maximum absolute atomic E-state index is 12.5. The Morgan fingerprint density at radius 2 is 1.79 bits per heavy atom. The van der Waals surface area contributed by atoms with Crippen LogP contribution in [0, 0.1) is 0 Å². The SMILES string of the molecule is O=C1COc2ccc(C(=O)CCCCN3CCN(c4ccccc4)CC3)cc2N1. The largest absolute Gasteiger partial charge is 0.482 e. The molecule has 0 bridgehead atoms. The van der Waals surface area contributed by atoms with Crippen molar-refractivity contribution in [1.82, 2.24) is 4.90 Å². The molecule has 1 fully saturated rings. The number of carbonyl (C=O) groups excluding carboxylic acids is 2. The summed E-state index contributed by atoms with van der Waals surface area (Å²) in [6.07, 6.45) is 2.41. The third-order valence-corrected chi connectivity index (χ3v) is 5.56. The highest BCUT2D eigenvalue weighted by Crippen LogP contribution is 2.29. The zero-order chi connectivity index (χ0) is 20.1. The van der Waals surface area contributed by atoms with Gasteiger partial charge in [-0.15, -0.1) is 0 Å². The minimum Gasteiger partial charge on any atom is -0.482 e. The minimum atomic E-state index is -0.186. The van der Waals surface area contributed by atoms with Crippen LogP contribution in [0.5, 0.6) is 5.75 Å². The third kappa shape index (κ3) is 4.95. The van der Waals surface area contributed by atoms with Crippen LogP contribution in [0.25, 0.3) is 0 Å². The average Bonchev–Trinajstić information content (AvgIpc) is 2.77. The van der Waals surface area contributed by atoms with Crippen molar-refractivity contribution in [3.05, 3.63) is 54.1 Å². The Bertz CT molecular complexity index is 861. The first-order valence-electron chi connectivity index (χ1n) is 10.3. The molecule has 0 atom stereocenters. The van der Waals surface area contributed by atoms with Gasteiger partial charge in [0.2, 0.25) is 0 Å². The number of nitrogens with one attached hydrogen (secondary N) is 1. The summed E-state index contributed by atoms with van der Waals surface area (Å²) < 4.78 is 5.34. The van der Waals surface area contributed by atoms with Crippen molar-refractivity contribution in [2.24, 2.45) is 0 Å². The second kappa shape index (κ2) is 9.09. The zero-order valence-corrected chi connectivity index (χ0v) is 16.6. The number of benzene rings is 2. The van der Waals surface area contributed by atoms with Crippen LogP contribution in [-0.2, 0) is 4.79 Å². The molecule has 1 amide bonds. The predicted molar refractivity (Wildman–Crippen MR) is 114 cm³/mol. The molecule has 1 saturated heterocycles. The number of hydrogen-bond acceptors (Lipinski definition) is 5. The van der Waals surface area contributed by atoms with E-state index in [1.54, 1.807) is 18.2 Å². The first-order chi connectivity index (χ1) is 14.2. The van der Waals surface area contributed by atoms with Crippen LogP contribution < -0.4 is 15.0 Å². The second-order valence-electron chi connectivity index (χ2n) is 7.59. The molecule has 2 aliphatic rings. The van der Waals surface area contributed by atoms with Crippen molar-refractivity contribution >= 4 is 23.1 Å². The molecule has 2 aromatic rings. The highest BCUT2D eigenvalue weighted by Gasteiger charge is 2.19. The molecular formula is C23H27N3O3. The molecule has 0 aliphatic carbocycles. The number of ether oxygens (including phenoxy) is 1. The van der Waals surface area contributed by atoms with Crippen molar-refractivity contribution in [2.45, 2.75) is 19.3 Å². The monoisotopic (exact) mass is 393 g/mol. The van der Waals surface area contributed by atoms with Gasteiger partial charge < -0.3 is 15.0 Å². The van der Waals surface area contributed by atoms with E-state index in [0.29, 0.717) is 23.4 Å². The summed E-state index contributed by atoms with van der Waals surface area (Å²) in [5.41, 5.74) is 2.51. The molecule has 2 heterocycles. The highest BCUT2D eigenvalue weighted by molar-refractivity contribution is 6.00. The Morgan fingerprint density at radius 3 is 2.59 bits per heavy atom. The fraction of sp³-hybridized carbons (Fsp3) is 0.391. The van der Waals surface area contributed by atoms with E-state index in [1.165, 1.54) is 5.69 Å². The fourth-order valence-corrected chi connectivity index (χ4v) is 3.89. The van der Waals surface area contributed by atoms with E-state index >= 15 is 0 Å². The summed E-state index contributed by atoms with van der Waals surface area (Å²) in [6.45, 7) is 5.28. The Labute approximate surface area is 171 Å². The lowest BCUT2D eigenvalue weighted by Gasteiger charge is -2.36. The van der Waals surface area contributed by atoms with Gasteiger partial charge in [0, 0.05) is 43.9 Å². The lowest BCUT2D eigenvalue weighted by atomic mass is 10.0. The number of anilines is 2. The topological polar surface area (TPSA) is 61.9 Å². The van der Waals surface area contributed by atoms with E-state index in [9.17, 15) is 9.59 Å². The van der Waals surface area contributed by atoms with Crippen LogP contribution in [0.15, 0.2) is 48.5 Å². The van der Waals surface area contributed by atoms with Crippen molar-refractivity contribution in [2.75, 3.05) is 49.5 Å². The first kappa shape index (κ1) is 19.5. The van der Waals surface area contributed by atoms with Crippen LogP contribution >= 0.6 is 0 Å². The lowest BCUT2D eigenvalue weighted by molar-refractivity contribution is -0.118. The van der Waals surface area contributed by atoms with E-state index in [-0.39, 0.29) is 18.3 Å². The number of nitrogens with zero attached hydrogens (tertiary/aromatic N) is 2. The molecule has 152 valence electrons. The van der Waals surface area contributed by atoms with E-state index in [2.05, 4.69) is 45.4 Å². The molecule has 29 heavy (non-hydrogen) atoms. The predicted octanol–water partition coefficient (Wildman–Crippen LogP) is 3.19. The van der Waals surface area contributed by atoms with Crippen LogP contribution in [0.3, 0.4) is 0 Å². The molecule has 0 saturated carbocycles. The molecule has 1 N–H and O–H groups in total. The Morgan fingerprint density at radius 1 is 1.00 bits per heavy atom. The molecule has 2 aromatic carbocycles. The summed E-state index contributed by atoms with van der Waals surface area (Å²) in [7, 11) is 0. The quantitative estimate of drug-likeness (QED) is 0.578. The van der Waals surface area contributed by atoms with Crippen LogP contribution in [-0.4, -0.2) is 55.9 Å². The second-order valence-corrected chi connectivity index (χ2v) is 7.59. The van der Waals surface area contributed by atoms with Crippen LogP contribution in [0.2, 0.25) is 0 Å². The normalized spacial score (nSPS) is 16.7. The van der Waals surface area contributed by atoms with Gasteiger partial charge in [-0.1, -0.05) is 18.2 Å². The lowest BCUT2D eigenvalue weighted by Crippen LogP contribution is -2.46. The molecule has 6 heteroatoms. The standard InChI is InChI=1S/C23H27N3O3/c27-21(18-9-10-22-20(16-18)24-23(28)17-29-22)8-4-5-11-25-12-14-26(15-13-25)19-6-2-1-3-7-19/h1-3,6-7,9-10,16H,4-5,8,11-15,17H2,(H,24,28). The number of Topliss-reactive ketones (excluding diaryl/α,β-unsaturated/α-hetero) is 1. The van der Waals surface area contributed by atoms with Gasteiger partial charge in [0.05, 0.1) is 5.69 Å². The Balaban J connectivity index is 1.18. The first-order valence-corrected chi connectivity index (χ1v) is 10.3. The fourth-order valence-electron chi connectivity index (χ4n) is 3.89. The maximum Gasteiger partial charge on any atom is 0.262 e. The van der Waals surface area contributed by atoms with Gasteiger partial charge in [0.1, 0.15) is 5.75 Å². The van der Waals surface area contributed by atoms with E-state index in [1.807, 2.05) is 0 Å². The Kier molecular flexibility index (Phi) is 6.10. The van der Waals surface area contributed by atoms with E-state index in [4.69, 9.17) is 4.74 Å². The summed E-state index contributed by atoms with van der Waals surface area (Å²) >= 11 is 0. The molecule has 6 nitrogen and oxygen atoms in total. The van der Waals surface area contributed by atoms with Gasteiger partial charge in [-0.3, -0.25) is 14.5 Å². The smallest absolute Gasteiger partial charge is 0.262 e. The molecule has 0 radical (unpaired) electrons. The van der Waals surface area contributed by atoms with E-state index < -0.39 is 0 Å². The number of unbranched alkanes of at least 4 members (excludes halogenated alkanes) is 1. The number of ketones is 1. The number of rotatable bonds is 7. The summed E-state index contributed by atoms with van der Waals surface area (Å²) in [6, 6.07) is 15.8. The number of piperazine rings is 1. The minimum absolute atomic E-state index is 0.0277. The van der Waals surface area contributed by atoms with Gasteiger partial charge in [-0.2, -0.15) is 0 Å². The molecular weight excluding hydrogens is 366 g/mol. The molecule has 4 rings (SSSR count). The third-order valence-electron chi connectivity index (χ3n) is 5.56. The number of fused-ring (bicyclic) bond motifs is 1. The van der Waals surface area contributed by atoms with E-state index in [0.717, 1.165) is 45.6 Å². The van der Waals surface area contributed by atoms with Gasteiger partial charge in [-0.25, -0.2) is 0 Å². The van der Waals surface area contributed by atoms with Gasteiger partial charge >= 0.3 is 0 Å². The van der Waals surface area contributed by atoms with Gasteiger partial charge in [0.15, 0.2) is 12.4 Å². The maximum atomic E-state index is 12.5. The van der Waals surface area contributed by atoms with Crippen LogP contribution in [0.1, 0.15) is 29.6 Å². The van der Waals surface area contributed by atoms with Crippen molar-refractivity contribution < 1.29 is 14.3 Å².